The minimum Gasteiger partial charge on any atom is -0.478 e. The maximum atomic E-state index is 9.55. The number of aryl methyl sites for hydroxylation is 1. The first-order valence-electron chi connectivity index (χ1n) is 6.08. The summed E-state index contributed by atoms with van der Waals surface area (Å²) in [6.45, 7) is 4.36. The molecule has 0 aliphatic carbocycles. The number of H-pyrrole nitrogens is 1. The van der Waals surface area contributed by atoms with E-state index in [1.54, 1.807) is 17.7 Å². The van der Waals surface area contributed by atoms with Crippen LogP contribution in [0.1, 0.15) is 29.0 Å². The fraction of sp³-hybridized carbons (Fsp3) is 0.214. The van der Waals surface area contributed by atoms with Gasteiger partial charge in [-0.15, -0.1) is 11.3 Å². The van der Waals surface area contributed by atoms with Crippen molar-refractivity contribution in [2.24, 2.45) is 0 Å². The Morgan fingerprint density at radius 2 is 1.95 bits per heavy atom. The second-order valence-corrected chi connectivity index (χ2v) is 5.29. The van der Waals surface area contributed by atoms with E-state index in [9.17, 15) is 9.59 Å². The van der Waals surface area contributed by atoms with Gasteiger partial charge in [0.05, 0.1) is 6.33 Å². The van der Waals surface area contributed by atoms with Gasteiger partial charge in [-0.1, -0.05) is 6.92 Å². The van der Waals surface area contributed by atoms with Crippen LogP contribution in [0.15, 0.2) is 36.1 Å². The van der Waals surface area contributed by atoms with Crippen molar-refractivity contribution >= 4 is 23.3 Å². The molecule has 21 heavy (non-hydrogen) atoms. The topological polar surface area (TPSA) is 103 Å². The quantitative estimate of drug-likeness (QED) is 0.753. The van der Waals surface area contributed by atoms with Gasteiger partial charge in [-0.3, -0.25) is 0 Å². The molecule has 7 heteroatoms. The van der Waals surface area contributed by atoms with Crippen LogP contribution in [0.3, 0.4) is 0 Å². The largest absolute Gasteiger partial charge is 0.478 e. The summed E-state index contributed by atoms with van der Waals surface area (Å²) in [6.07, 6.45) is 4.74. The minimum absolute atomic E-state index is 0.425. The van der Waals surface area contributed by atoms with Crippen molar-refractivity contribution in [3.63, 3.8) is 0 Å². The molecule has 112 valence electrons. The van der Waals surface area contributed by atoms with Gasteiger partial charge in [0.15, 0.2) is 0 Å². The molecule has 0 spiro atoms. The van der Waals surface area contributed by atoms with Crippen LogP contribution in [0.2, 0.25) is 0 Å². The number of hydrogen-bond donors (Lipinski definition) is 3. The van der Waals surface area contributed by atoms with Crippen molar-refractivity contribution < 1.29 is 19.8 Å². The predicted molar refractivity (Wildman–Crippen MR) is 79.6 cm³/mol. The zero-order valence-corrected chi connectivity index (χ0v) is 12.4. The Morgan fingerprint density at radius 1 is 1.33 bits per heavy atom. The monoisotopic (exact) mass is 308 g/mol. The summed E-state index contributed by atoms with van der Waals surface area (Å²) in [5, 5.41) is 17.8. The van der Waals surface area contributed by atoms with Gasteiger partial charge in [0.1, 0.15) is 0 Å². The van der Waals surface area contributed by atoms with E-state index in [1.165, 1.54) is 16.1 Å². The molecule has 0 radical (unpaired) electrons. The molecule has 0 aliphatic heterocycles. The summed E-state index contributed by atoms with van der Waals surface area (Å²) >= 11 is 1.80. The van der Waals surface area contributed by atoms with Gasteiger partial charge >= 0.3 is 11.9 Å². The maximum Gasteiger partial charge on any atom is 0.328 e. The Kier molecular flexibility index (Phi) is 6.35. The number of rotatable bonds is 4. The van der Waals surface area contributed by atoms with E-state index in [1.807, 2.05) is 6.20 Å². The number of aromatic amines is 1. The predicted octanol–water partition coefficient (Wildman–Crippen LogP) is 2.64. The summed E-state index contributed by atoms with van der Waals surface area (Å²) in [5.41, 5.74) is 2.58. The lowest BCUT2D eigenvalue weighted by Gasteiger charge is -2.08. The van der Waals surface area contributed by atoms with E-state index in [2.05, 4.69) is 35.3 Å². The molecular formula is C14H16N2O4S. The number of hydrogen-bond acceptors (Lipinski definition) is 4. The first-order chi connectivity index (χ1) is 9.91. The molecule has 2 rings (SSSR count). The second-order valence-electron chi connectivity index (χ2n) is 4.17. The molecular weight excluding hydrogens is 292 g/mol. The number of nitrogens with one attached hydrogen (secondary N) is 1. The van der Waals surface area contributed by atoms with Crippen LogP contribution in [0.5, 0.6) is 0 Å². The maximum absolute atomic E-state index is 9.55. The average Bonchev–Trinajstić information content (AvgIpc) is 3.07. The van der Waals surface area contributed by atoms with Gasteiger partial charge in [0, 0.05) is 34.8 Å². The van der Waals surface area contributed by atoms with E-state index in [0.717, 1.165) is 0 Å². The minimum atomic E-state index is -1.26. The summed E-state index contributed by atoms with van der Waals surface area (Å²) in [7, 11) is 0. The van der Waals surface area contributed by atoms with Gasteiger partial charge in [-0.05, 0) is 23.9 Å². The number of carbonyl (C=O) groups is 2. The summed E-state index contributed by atoms with van der Waals surface area (Å²) < 4.78 is 0. The van der Waals surface area contributed by atoms with Crippen LogP contribution >= 0.6 is 11.3 Å². The first kappa shape index (κ1) is 16.6. The van der Waals surface area contributed by atoms with E-state index < -0.39 is 11.9 Å². The number of carboxylic acids is 2. The van der Waals surface area contributed by atoms with Crippen molar-refractivity contribution in [2.75, 3.05) is 0 Å². The third-order valence-corrected chi connectivity index (χ3v) is 3.58. The van der Waals surface area contributed by atoms with Crippen molar-refractivity contribution in [1.29, 1.82) is 0 Å². The summed E-state index contributed by atoms with van der Waals surface area (Å²) in [6, 6.07) is 2.19. The Labute approximate surface area is 125 Å². The van der Waals surface area contributed by atoms with Crippen LogP contribution in [0.25, 0.3) is 0 Å². The smallest absolute Gasteiger partial charge is 0.328 e. The summed E-state index contributed by atoms with van der Waals surface area (Å²) in [4.78, 5) is 27.7. The van der Waals surface area contributed by atoms with Crippen LogP contribution in [0, 0.1) is 6.92 Å². The molecule has 0 amide bonds. The van der Waals surface area contributed by atoms with Crippen LogP contribution < -0.4 is 0 Å². The number of imidazole rings is 1. The molecule has 2 aromatic rings. The van der Waals surface area contributed by atoms with Crippen LogP contribution in [0.4, 0.5) is 0 Å². The normalized spacial score (nSPS) is 11.7. The fourth-order valence-corrected chi connectivity index (χ4v) is 2.46. The highest BCUT2D eigenvalue weighted by Crippen LogP contribution is 2.27. The Bertz CT molecular complexity index is 601. The lowest BCUT2D eigenvalue weighted by Crippen LogP contribution is -1.95. The van der Waals surface area contributed by atoms with E-state index >= 15 is 0 Å². The third-order valence-electron chi connectivity index (χ3n) is 2.72. The van der Waals surface area contributed by atoms with E-state index in [4.69, 9.17) is 10.2 Å². The molecule has 1 unspecified atom stereocenters. The van der Waals surface area contributed by atoms with Crippen molar-refractivity contribution in [3.8, 4) is 0 Å². The second kappa shape index (κ2) is 8.01. The van der Waals surface area contributed by atoms with Gasteiger partial charge in [0.25, 0.3) is 0 Å². The molecule has 3 N–H and O–H groups in total. The third kappa shape index (κ3) is 5.62. The molecule has 0 bridgehead atoms. The molecule has 0 fully saturated rings. The molecule has 2 heterocycles. The lowest BCUT2D eigenvalue weighted by atomic mass is 10.00. The standard InChI is InChI=1S/C10H12N2S.C4H4O4/c1-7(10-5-11-6-12-10)9-3-4-13-8(9)2;5-3(6)1-2-4(7)8/h3-7H,1-2H3,(H,11,12);1-2H,(H,5,6)(H,7,8)/b;2-1+. The number of nitrogens with zero attached hydrogens (tertiary/aromatic N) is 1. The number of carboxylic acid groups (broad SMARTS) is 2. The fourth-order valence-electron chi connectivity index (χ4n) is 1.66. The number of thiophene rings is 1. The molecule has 6 nitrogen and oxygen atoms in total. The Morgan fingerprint density at radius 3 is 2.33 bits per heavy atom. The van der Waals surface area contributed by atoms with Crippen molar-refractivity contribution in [1.82, 2.24) is 9.97 Å². The molecule has 1 atom stereocenters. The lowest BCUT2D eigenvalue weighted by molar-refractivity contribution is -0.134. The Hall–Kier alpha value is -2.41. The SMILES string of the molecule is Cc1sccc1C(C)c1cnc[nH]1.O=C(O)/C=C/C(=O)O. The zero-order chi connectivity index (χ0) is 15.8. The highest BCUT2D eigenvalue weighted by Gasteiger charge is 2.12. The molecule has 0 aromatic carbocycles. The molecule has 2 aromatic heterocycles. The van der Waals surface area contributed by atoms with Crippen LogP contribution in [-0.4, -0.2) is 32.1 Å². The first-order valence-corrected chi connectivity index (χ1v) is 6.96. The van der Waals surface area contributed by atoms with Gasteiger partial charge in [-0.2, -0.15) is 0 Å². The van der Waals surface area contributed by atoms with Crippen molar-refractivity contribution in [2.45, 2.75) is 19.8 Å². The summed E-state index contributed by atoms with van der Waals surface area (Å²) in [5.74, 6) is -2.09. The van der Waals surface area contributed by atoms with Gasteiger partial charge in [0.2, 0.25) is 0 Å². The number of aliphatic carboxylic acids is 2. The van der Waals surface area contributed by atoms with Gasteiger partial charge in [-0.25, -0.2) is 14.6 Å². The molecule has 0 saturated carbocycles. The highest BCUT2D eigenvalue weighted by atomic mass is 32.1. The van der Waals surface area contributed by atoms with E-state index in [0.29, 0.717) is 18.1 Å². The zero-order valence-electron chi connectivity index (χ0n) is 11.6. The number of aromatic nitrogens is 2. The van der Waals surface area contributed by atoms with Crippen molar-refractivity contribution in [3.05, 3.63) is 52.3 Å². The van der Waals surface area contributed by atoms with E-state index in [-0.39, 0.29) is 0 Å². The molecule has 0 aliphatic rings. The Balaban J connectivity index is 0.000000240. The molecule has 0 saturated heterocycles. The highest BCUT2D eigenvalue weighted by molar-refractivity contribution is 7.10. The van der Waals surface area contributed by atoms with Crippen LogP contribution in [-0.2, 0) is 9.59 Å². The average molecular weight is 308 g/mol. The van der Waals surface area contributed by atoms with Gasteiger partial charge < -0.3 is 15.2 Å².